The van der Waals surface area contributed by atoms with Crippen LogP contribution in [0.15, 0.2) is 24.3 Å². The van der Waals surface area contributed by atoms with Gasteiger partial charge in [0, 0.05) is 13.1 Å². The van der Waals surface area contributed by atoms with Crippen LogP contribution in [0, 0.1) is 5.92 Å². The van der Waals surface area contributed by atoms with E-state index < -0.39 is 0 Å². The Morgan fingerprint density at radius 3 is 1.69 bits per heavy atom. The first-order valence-corrected chi connectivity index (χ1v) is 15.8. The van der Waals surface area contributed by atoms with Crippen LogP contribution in [0.25, 0.3) is 0 Å². The summed E-state index contributed by atoms with van der Waals surface area (Å²) in [7, 11) is 3.61. The number of nitrogens with zero attached hydrogens (tertiary/aromatic N) is 1. The molecule has 0 saturated carbocycles. The molecule has 1 atom stereocenters. The number of unbranched alkanes of at least 4 members (excludes halogenated alkanes) is 14. The van der Waals surface area contributed by atoms with Crippen LogP contribution in [-0.4, -0.2) is 22.8 Å². The van der Waals surface area contributed by atoms with Crippen molar-refractivity contribution in [1.82, 2.24) is 4.31 Å². The first-order chi connectivity index (χ1) is 15.5. The topological polar surface area (TPSA) is 29.3 Å². The summed E-state index contributed by atoms with van der Waals surface area (Å²) < 4.78 is 2.49. The molecule has 1 unspecified atom stereocenters. The molecule has 190 valence electrons. The van der Waals surface area contributed by atoms with Gasteiger partial charge in [-0.1, -0.05) is 139 Å². The third-order valence-corrected chi connectivity index (χ3v) is 8.34. The van der Waals surface area contributed by atoms with E-state index in [1.165, 1.54) is 102 Å². The van der Waals surface area contributed by atoms with E-state index >= 15 is 0 Å². The fourth-order valence-corrected chi connectivity index (χ4v) is 5.68. The molecular weight excluding hydrogens is 428 g/mol. The molecule has 4 heteroatoms. The minimum Gasteiger partial charge on any atom is -0.315 e. The van der Waals surface area contributed by atoms with Gasteiger partial charge in [-0.25, -0.2) is 4.31 Å². The Bertz CT molecular complexity index is 437. The van der Waals surface area contributed by atoms with E-state index in [1.807, 2.05) is 11.0 Å². The van der Waals surface area contributed by atoms with Crippen molar-refractivity contribution >= 4 is 21.8 Å². The van der Waals surface area contributed by atoms with Gasteiger partial charge in [0.15, 0.2) is 0 Å². The highest BCUT2D eigenvalue weighted by molar-refractivity contribution is 8.76. The summed E-state index contributed by atoms with van der Waals surface area (Å²) in [6.45, 7) is 15.1. The molecule has 0 spiro atoms. The molecule has 0 rings (SSSR count). The van der Waals surface area contributed by atoms with Crippen LogP contribution < -0.4 is 5.73 Å². The lowest BCUT2D eigenvalue weighted by Gasteiger charge is -2.21. The quantitative estimate of drug-likeness (QED) is 0.0485. The van der Waals surface area contributed by atoms with Crippen molar-refractivity contribution in [2.45, 2.75) is 136 Å². The van der Waals surface area contributed by atoms with Gasteiger partial charge in [-0.15, -0.1) is 6.58 Å². The van der Waals surface area contributed by atoms with Gasteiger partial charge in [0.25, 0.3) is 0 Å². The summed E-state index contributed by atoms with van der Waals surface area (Å²) in [5.41, 5.74) is 7.49. The number of allylic oxidation sites excluding steroid dienone is 1. The summed E-state index contributed by atoms with van der Waals surface area (Å²) in [6, 6.07) is 0. The average Bonchev–Trinajstić information content (AvgIpc) is 2.76. The van der Waals surface area contributed by atoms with Gasteiger partial charge in [-0.2, -0.15) is 0 Å². The van der Waals surface area contributed by atoms with Crippen molar-refractivity contribution < 1.29 is 0 Å². The summed E-state index contributed by atoms with van der Waals surface area (Å²) in [4.78, 5) is 0. The predicted octanol–water partition coefficient (Wildman–Crippen LogP) is 9.92. The number of nitrogens with two attached hydrogens (primary N) is 1. The Kier molecular flexibility index (Phi) is 24.3. The van der Waals surface area contributed by atoms with Gasteiger partial charge in [-0.05, 0) is 36.7 Å². The van der Waals surface area contributed by atoms with Crippen molar-refractivity contribution in [1.29, 1.82) is 0 Å². The minimum absolute atomic E-state index is 0.0655. The highest BCUT2D eigenvalue weighted by Gasteiger charge is 2.09. The Balaban J connectivity index is 3.70. The molecule has 2 N–H and O–H groups in total. The Morgan fingerprint density at radius 1 is 0.781 bits per heavy atom. The van der Waals surface area contributed by atoms with E-state index in [1.54, 1.807) is 10.8 Å². The molecule has 0 aromatic rings. The van der Waals surface area contributed by atoms with Crippen LogP contribution in [0.2, 0.25) is 0 Å². The molecule has 0 saturated heterocycles. The second-order valence-electron chi connectivity index (χ2n) is 9.85. The van der Waals surface area contributed by atoms with Crippen molar-refractivity contribution in [2.75, 3.05) is 13.1 Å². The van der Waals surface area contributed by atoms with Crippen LogP contribution in [0.4, 0.5) is 0 Å². The molecule has 0 aliphatic carbocycles. The van der Waals surface area contributed by atoms with Crippen LogP contribution in [-0.2, 0) is 0 Å². The minimum atomic E-state index is 0.0655. The molecule has 0 aromatic heterocycles. The molecule has 32 heavy (non-hydrogen) atoms. The summed E-state index contributed by atoms with van der Waals surface area (Å²) >= 11 is 0. The van der Waals surface area contributed by atoms with E-state index in [9.17, 15) is 0 Å². The van der Waals surface area contributed by atoms with E-state index in [2.05, 4.69) is 50.7 Å². The highest BCUT2D eigenvalue weighted by Crippen LogP contribution is 2.30. The van der Waals surface area contributed by atoms with Crippen LogP contribution in [0.5, 0.6) is 0 Å². The van der Waals surface area contributed by atoms with Crippen LogP contribution in [0.3, 0.4) is 0 Å². The van der Waals surface area contributed by atoms with Crippen molar-refractivity contribution in [2.24, 2.45) is 11.7 Å². The lowest BCUT2D eigenvalue weighted by Crippen LogP contribution is -2.20. The maximum atomic E-state index is 6.22. The zero-order valence-corrected chi connectivity index (χ0v) is 23.7. The van der Waals surface area contributed by atoms with Crippen molar-refractivity contribution in [3.8, 4) is 0 Å². The van der Waals surface area contributed by atoms with Gasteiger partial charge >= 0.3 is 0 Å². The number of rotatable bonds is 24. The third-order valence-electron chi connectivity index (χ3n) is 5.74. The molecule has 0 aliphatic heterocycles. The first kappa shape index (κ1) is 32.1. The fourth-order valence-electron chi connectivity index (χ4n) is 3.64. The van der Waals surface area contributed by atoms with Gasteiger partial charge in [0.2, 0.25) is 0 Å². The van der Waals surface area contributed by atoms with Gasteiger partial charge in [-0.3, -0.25) is 0 Å². The highest BCUT2D eigenvalue weighted by atomic mass is 33.1. The van der Waals surface area contributed by atoms with Crippen LogP contribution >= 0.6 is 21.8 Å². The molecule has 0 fully saturated rings. The van der Waals surface area contributed by atoms with Crippen LogP contribution in [0.1, 0.15) is 130 Å². The third kappa shape index (κ3) is 24.7. The SMILES string of the molecule is C=C(C)CCN(CCCCCCCCCCCCCCCCC)SSC(N)/C=C\C(C)C. The summed E-state index contributed by atoms with van der Waals surface area (Å²) in [5.74, 6) is 0.562. The smallest absolute Gasteiger partial charge is 0.0810 e. The first-order valence-electron chi connectivity index (χ1n) is 13.6. The summed E-state index contributed by atoms with van der Waals surface area (Å²) in [5, 5.41) is 0.0655. The van der Waals surface area contributed by atoms with Crippen molar-refractivity contribution in [3.05, 3.63) is 24.3 Å². The molecule has 0 aliphatic rings. The molecule has 0 aromatic carbocycles. The standard InChI is InChI=1S/C28H56N2S2/c1-6-7-8-9-10-11-12-13-14-15-16-17-18-19-20-24-30(25-23-27(4)5)32-31-28(29)22-21-26(2)3/h21-22,26,28H,4,6-20,23-25,29H2,1-3,5H3/b22-21-. The lowest BCUT2D eigenvalue weighted by molar-refractivity contribution is 0.448. The average molecular weight is 485 g/mol. The normalized spacial score (nSPS) is 13.0. The zero-order chi connectivity index (χ0) is 23.9. The van der Waals surface area contributed by atoms with Gasteiger partial charge in [0.1, 0.15) is 0 Å². The fraction of sp³-hybridized carbons (Fsp3) is 0.857. The molecule has 0 radical (unpaired) electrons. The Labute approximate surface area is 210 Å². The predicted molar refractivity (Wildman–Crippen MR) is 153 cm³/mol. The van der Waals surface area contributed by atoms with E-state index in [4.69, 9.17) is 5.73 Å². The molecule has 0 bridgehead atoms. The summed E-state index contributed by atoms with van der Waals surface area (Å²) in [6.07, 6.45) is 26.7. The van der Waals surface area contributed by atoms with Gasteiger partial charge in [0.05, 0.1) is 5.37 Å². The largest absolute Gasteiger partial charge is 0.315 e. The van der Waals surface area contributed by atoms with E-state index in [-0.39, 0.29) is 5.37 Å². The molecule has 2 nitrogen and oxygen atoms in total. The lowest BCUT2D eigenvalue weighted by atomic mass is 10.0. The second-order valence-corrected chi connectivity index (χ2v) is 12.3. The Morgan fingerprint density at radius 2 is 1.25 bits per heavy atom. The molecule has 0 heterocycles. The zero-order valence-electron chi connectivity index (χ0n) is 22.1. The van der Waals surface area contributed by atoms with E-state index in [0.29, 0.717) is 5.92 Å². The maximum absolute atomic E-state index is 6.22. The number of hydrogen-bond donors (Lipinski definition) is 1. The maximum Gasteiger partial charge on any atom is 0.0810 e. The van der Waals surface area contributed by atoms with E-state index in [0.717, 1.165) is 19.5 Å². The second kappa shape index (κ2) is 24.2. The Hall–Kier alpha value is 0.100. The monoisotopic (exact) mass is 484 g/mol. The number of hydrogen-bond acceptors (Lipinski definition) is 4. The molecule has 0 amide bonds. The van der Waals surface area contributed by atoms with Gasteiger partial charge < -0.3 is 5.73 Å². The molecular formula is C28H56N2S2. The van der Waals surface area contributed by atoms with Crippen molar-refractivity contribution in [3.63, 3.8) is 0 Å².